The van der Waals surface area contributed by atoms with Crippen molar-refractivity contribution in [2.45, 2.75) is 63.4 Å². The first kappa shape index (κ1) is 23.5. The molecule has 2 aromatic rings. The highest BCUT2D eigenvalue weighted by molar-refractivity contribution is 5.92. The van der Waals surface area contributed by atoms with E-state index in [4.69, 9.17) is 4.74 Å². The summed E-state index contributed by atoms with van der Waals surface area (Å²) in [5.74, 6) is -0.985. The number of alkyl halides is 3. The number of likely N-dealkylation sites (tertiary alicyclic amines) is 1. The quantitative estimate of drug-likeness (QED) is 0.636. The highest BCUT2D eigenvalue weighted by Gasteiger charge is 2.61. The maximum Gasteiger partial charge on any atom is 0.417 e. The van der Waals surface area contributed by atoms with Gasteiger partial charge in [0.25, 0.3) is 0 Å². The van der Waals surface area contributed by atoms with Crippen LogP contribution >= 0.6 is 0 Å². The Morgan fingerprint density at radius 3 is 2.67 bits per heavy atom. The van der Waals surface area contributed by atoms with Crippen molar-refractivity contribution in [2.75, 3.05) is 12.4 Å². The van der Waals surface area contributed by atoms with Crippen LogP contribution in [0.1, 0.15) is 45.1 Å². The highest BCUT2D eigenvalue weighted by Crippen LogP contribution is 2.53. The van der Waals surface area contributed by atoms with Crippen molar-refractivity contribution in [3.8, 4) is 11.4 Å². The first-order chi connectivity index (χ1) is 15.5. The predicted octanol–water partition coefficient (Wildman–Crippen LogP) is 4.84. The molecule has 1 saturated carbocycles. The zero-order valence-electron chi connectivity index (χ0n) is 18.9. The van der Waals surface area contributed by atoms with Crippen LogP contribution in [0.4, 0.5) is 28.0 Å². The second-order valence-electron chi connectivity index (χ2n) is 9.06. The van der Waals surface area contributed by atoms with Crippen LogP contribution in [-0.4, -0.2) is 50.5 Å². The van der Waals surface area contributed by atoms with Crippen molar-refractivity contribution in [1.29, 1.82) is 0 Å². The van der Waals surface area contributed by atoms with Gasteiger partial charge in [0.05, 0.1) is 22.9 Å². The molecule has 33 heavy (non-hydrogen) atoms. The van der Waals surface area contributed by atoms with E-state index in [0.29, 0.717) is 18.4 Å². The molecular formula is C22H27F4N5O2. The van der Waals surface area contributed by atoms with Gasteiger partial charge in [-0.3, -0.25) is 4.68 Å². The number of aryl methyl sites for hydroxylation is 1. The first-order valence-corrected chi connectivity index (χ1v) is 10.9. The number of rotatable bonds is 5. The number of piperidine rings is 1. The van der Waals surface area contributed by atoms with Crippen molar-refractivity contribution < 1.29 is 27.1 Å². The number of carbonyl (C=O) groups is 1. The van der Waals surface area contributed by atoms with Crippen molar-refractivity contribution >= 4 is 11.7 Å². The molecule has 180 valence electrons. The van der Waals surface area contributed by atoms with Crippen molar-refractivity contribution in [1.82, 2.24) is 19.7 Å². The lowest BCUT2D eigenvalue weighted by molar-refractivity contribution is -0.162. The molecule has 2 heterocycles. The smallest absolute Gasteiger partial charge is 0.379 e. The molecule has 2 amide bonds. The molecule has 0 radical (unpaired) electrons. The van der Waals surface area contributed by atoms with Crippen LogP contribution in [0.5, 0.6) is 0 Å². The summed E-state index contributed by atoms with van der Waals surface area (Å²) in [7, 11) is 3.12. The normalized spacial score (nSPS) is 25.5. The molecule has 4 atom stereocenters. The van der Waals surface area contributed by atoms with E-state index in [2.05, 4.69) is 22.3 Å². The Morgan fingerprint density at radius 1 is 1.36 bits per heavy atom. The van der Waals surface area contributed by atoms with Gasteiger partial charge in [0, 0.05) is 25.8 Å². The Bertz CT molecular complexity index is 1050. The van der Waals surface area contributed by atoms with E-state index >= 15 is 0 Å². The van der Waals surface area contributed by atoms with Crippen LogP contribution < -0.4 is 5.32 Å². The molecule has 1 aromatic carbocycles. The molecule has 1 aliphatic carbocycles. The lowest BCUT2D eigenvalue weighted by Gasteiger charge is -2.65. The highest BCUT2D eigenvalue weighted by atomic mass is 19.4. The molecular weight excluding hydrogens is 442 g/mol. The summed E-state index contributed by atoms with van der Waals surface area (Å²) in [5, 5.41) is 6.43. The van der Waals surface area contributed by atoms with Gasteiger partial charge in [-0.1, -0.05) is 13.8 Å². The number of nitrogens with one attached hydrogen (secondary N) is 1. The number of carbonyl (C=O) groups excluding carboxylic acids is 1. The number of hydrogen-bond donors (Lipinski definition) is 1. The second kappa shape index (κ2) is 8.27. The zero-order chi connectivity index (χ0) is 24.1. The van der Waals surface area contributed by atoms with Gasteiger partial charge in [0.15, 0.2) is 5.82 Å². The van der Waals surface area contributed by atoms with E-state index in [-0.39, 0.29) is 23.7 Å². The number of urea groups is 1. The van der Waals surface area contributed by atoms with E-state index in [1.54, 1.807) is 12.0 Å². The number of hydrogen-bond acceptors (Lipinski definition) is 4. The number of fused-ring (bicyclic) bond motifs is 2. The third-order valence-electron chi connectivity index (χ3n) is 6.78. The number of ether oxygens (including phenoxy) is 1. The van der Waals surface area contributed by atoms with Crippen molar-refractivity contribution in [2.24, 2.45) is 13.0 Å². The lowest BCUT2D eigenvalue weighted by Crippen LogP contribution is -2.76. The monoisotopic (exact) mass is 469 g/mol. The summed E-state index contributed by atoms with van der Waals surface area (Å²) in [6.45, 7) is 4.10. The molecule has 2 bridgehead atoms. The Morgan fingerprint density at radius 2 is 2.09 bits per heavy atom. The van der Waals surface area contributed by atoms with E-state index in [1.807, 2.05) is 6.92 Å². The van der Waals surface area contributed by atoms with Crippen LogP contribution in [0.25, 0.3) is 11.4 Å². The SMILES string of the molecule is CC[C@@H](OC)C12CC(C[C@@H](C)C1)N2C(=O)Nc1cc(-c2ncn(C)n2)c(C(F)(F)F)cc1F. The number of aromatic nitrogens is 3. The molecule has 2 aliphatic rings. The fourth-order valence-corrected chi connectivity index (χ4v) is 5.65. The molecule has 1 aromatic heterocycles. The van der Waals surface area contributed by atoms with Crippen molar-refractivity contribution in [3.05, 3.63) is 29.8 Å². The van der Waals surface area contributed by atoms with E-state index in [1.165, 1.54) is 18.1 Å². The van der Waals surface area contributed by atoms with Gasteiger partial charge < -0.3 is 15.0 Å². The largest absolute Gasteiger partial charge is 0.417 e. The minimum Gasteiger partial charge on any atom is -0.379 e. The maximum atomic E-state index is 14.8. The summed E-state index contributed by atoms with van der Waals surface area (Å²) in [6.07, 6.45) is -0.707. The van der Waals surface area contributed by atoms with Crippen LogP contribution in [0.2, 0.25) is 0 Å². The standard InChI is InChI=1S/C22H27F4N5O2/c1-5-18(33-4)21-9-12(2)6-13(10-21)31(21)20(32)28-17-7-14(19-27-11-30(3)29-19)15(8-16(17)23)22(24,25)26/h7-8,11-13,18H,5-6,9-10H2,1-4H3,(H,28,32)/t12-,13?,18-,21?/m1/s1. The molecule has 4 rings (SSSR count). The molecule has 11 heteroatoms. The third kappa shape index (κ3) is 3.96. The van der Waals surface area contributed by atoms with E-state index in [9.17, 15) is 22.4 Å². The number of nitrogens with zero attached hydrogens (tertiary/aromatic N) is 4. The van der Waals surface area contributed by atoms with Gasteiger partial charge >= 0.3 is 12.2 Å². The van der Waals surface area contributed by atoms with Gasteiger partial charge in [-0.2, -0.15) is 18.3 Å². The minimum atomic E-state index is -4.82. The van der Waals surface area contributed by atoms with Crippen LogP contribution in [0.3, 0.4) is 0 Å². The molecule has 0 spiro atoms. The molecule has 2 fully saturated rings. The predicted molar refractivity (Wildman–Crippen MR) is 113 cm³/mol. The van der Waals surface area contributed by atoms with Crippen LogP contribution in [0, 0.1) is 11.7 Å². The Hall–Kier alpha value is -2.69. The van der Waals surface area contributed by atoms with Crippen LogP contribution in [0.15, 0.2) is 18.5 Å². The molecule has 1 aliphatic heterocycles. The van der Waals surface area contributed by atoms with Gasteiger partial charge in [0.2, 0.25) is 0 Å². The van der Waals surface area contributed by atoms with Gasteiger partial charge in [-0.25, -0.2) is 14.2 Å². The maximum absolute atomic E-state index is 14.8. The molecule has 1 N–H and O–H groups in total. The molecule has 2 unspecified atom stereocenters. The van der Waals surface area contributed by atoms with E-state index < -0.39 is 34.7 Å². The third-order valence-corrected chi connectivity index (χ3v) is 6.78. The minimum absolute atomic E-state index is 0.0209. The van der Waals surface area contributed by atoms with Gasteiger partial charge in [-0.05, 0) is 43.7 Å². The fourth-order valence-electron chi connectivity index (χ4n) is 5.65. The number of halogens is 4. The average Bonchev–Trinajstić information content (AvgIpc) is 3.15. The van der Waals surface area contributed by atoms with Gasteiger partial charge in [-0.15, -0.1) is 0 Å². The van der Waals surface area contributed by atoms with Gasteiger partial charge in [0.1, 0.15) is 12.1 Å². The number of amides is 2. The first-order valence-electron chi connectivity index (χ1n) is 10.9. The topological polar surface area (TPSA) is 72.3 Å². The second-order valence-corrected chi connectivity index (χ2v) is 9.06. The molecule has 7 nitrogen and oxygen atoms in total. The Balaban J connectivity index is 1.68. The Labute approximate surface area is 189 Å². The summed E-state index contributed by atoms with van der Waals surface area (Å²) in [5.41, 5.74) is -2.48. The number of anilines is 1. The van der Waals surface area contributed by atoms with Crippen molar-refractivity contribution in [3.63, 3.8) is 0 Å². The number of methoxy groups -OCH3 is 1. The Kier molecular flexibility index (Phi) is 5.88. The number of benzene rings is 1. The zero-order valence-corrected chi connectivity index (χ0v) is 18.9. The van der Waals surface area contributed by atoms with Crippen LogP contribution in [-0.2, 0) is 18.0 Å². The van der Waals surface area contributed by atoms with E-state index in [0.717, 1.165) is 25.3 Å². The summed E-state index contributed by atoms with van der Waals surface area (Å²) in [4.78, 5) is 18.8. The lowest BCUT2D eigenvalue weighted by atomic mass is 9.61. The summed E-state index contributed by atoms with van der Waals surface area (Å²) < 4.78 is 62.4. The fraction of sp³-hybridized carbons (Fsp3) is 0.591. The summed E-state index contributed by atoms with van der Waals surface area (Å²) >= 11 is 0. The molecule has 1 saturated heterocycles. The summed E-state index contributed by atoms with van der Waals surface area (Å²) in [6, 6.07) is 0.754. The average molecular weight is 469 g/mol.